The predicted octanol–water partition coefficient (Wildman–Crippen LogP) is 6.14. The highest BCUT2D eigenvalue weighted by Crippen LogP contribution is 2.44. The van der Waals surface area contributed by atoms with E-state index in [1.54, 1.807) is 0 Å². The van der Waals surface area contributed by atoms with Crippen LogP contribution in [0.1, 0.15) is 44.5 Å². The third-order valence-corrected chi connectivity index (χ3v) is 6.46. The van der Waals surface area contributed by atoms with Crippen LogP contribution in [-0.2, 0) is 12.8 Å². The van der Waals surface area contributed by atoms with Crippen molar-refractivity contribution in [1.82, 2.24) is 0 Å². The number of benzene rings is 3. The maximum atomic E-state index is 3.77. The average Bonchev–Trinajstić information content (AvgIpc) is 2.99. The fourth-order valence-corrected chi connectivity index (χ4v) is 4.60. The Labute approximate surface area is 149 Å². The molecule has 0 radical (unpaired) electrons. The molecule has 3 aromatic carbocycles. The lowest BCUT2D eigenvalue weighted by Crippen LogP contribution is -2.12. The van der Waals surface area contributed by atoms with Crippen molar-refractivity contribution in [3.63, 3.8) is 0 Å². The summed E-state index contributed by atoms with van der Waals surface area (Å²) in [5.41, 5.74) is 17.0. The van der Waals surface area contributed by atoms with Gasteiger partial charge in [0.15, 0.2) is 0 Å². The van der Waals surface area contributed by atoms with Crippen molar-refractivity contribution >= 4 is 11.4 Å². The molecule has 0 fully saturated rings. The molecule has 25 heavy (non-hydrogen) atoms. The smallest absolute Gasteiger partial charge is 0.0455 e. The van der Waals surface area contributed by atoms with E-state index < -0.39 is 0 Å². The van der Waals surface area contributed by atoms with Crippen molar-refractivity contribution in [2.75, 3.05) is 5.32 Å². The van der Waals surface area contributed by atoms with E-state index in [-0.39, 0.29) is 0 Å². The standard InChI is InChI=1S/C24H23N/c1-13-14(2)16(4)24-21(15(13)3)10-19-11-22-18(12-23(19)25-24)9-17-7-5-6-8-20(17)22/h5-8,11-12,25H,9-10H2,1-4H3. The van der Waals surface area contributed by atoms with Crippen molar-refractivity contribution in [3.8, 4) is 11.1 Å². The molecular weight excluding hydrogens is 302 g/mol. The van der Waals surface area contributed by atoms with E-state index in [0.29, 0.717) is 0 Å². The van der Waals surface area contributed by atoms with Crippen LogP contribution in [0, 0.1) is 27.7 Å². The van der Waals surface area contributed by atoms with Crippen molar-refractivity contribution in [3.05, 3.63) is 80.9 Å². The van der Waals surface area contributed by atoms with Crippen LogP contribution in [0.25, 0.3) is 11.1 Å². The van der Waals surface area contributed by atoms with Crippen LogP contribution in [0.2, 0.25) is 0 Å². The van der Waals surface area contributed by atoms with Gasteiger partial charge in [-0.2, -0.15) is 0 Å². The van der Waals surface area contributed by atoms with Gasteiger partial charge < -0.3 is 5.32 Å². The first-order valence-electron chi connectivity index (χ1n) is 9.15. The van der Waals surface area contributed by atoms with Gasteiger partial charge in [-0.25, -0.2) is 0 Å². The van der Waals surface area contributed by atoms with Crippen LogP contribution in [-0.4, -0.2) is 0 Å². The number of fused-ring (bicyclic) bond motifs is 5. The van der Waals surface area contributed by atoms with E-state index >= 15 is 0 Å². The molecule has 0 saturated carbocycles. The normalized spacial score (nSPS) is 13.6. The summed E-state index contributed by atoms with van der Waals surface area (Å²) >= 11 is 0. The van der Waals surface area contributed by atoms with Crippen molar-refractivity contribution in [1.29, 1.82) is 0 Å². The molecule has 1 aliphatic carbocycles. The van der Waals surface area contributed by atoms with E-state index in [1.165, 1.54) is 67.0 Å². The molecular formula is C24H23N. The minimum atomic E-state index is 1.03. The minimum absolute atomic E-state index is 1.03. The molecule has 0 aromatic heterocycles. The molecule has 0 saturated heterocycles. The summed E-state index contributed by atoms with van der Waals surface area (Å²) in [4.78, 5) is 0. The molecule has 3 aromatic rings. The molecule has 0 amide bonds. The first-order chi connectivity index (χ1) is 12.0. The molecule has 1 aliphatic heterocycles. The van der Waals surface area contributed by atoms with Crippen molar-refractivity contribution in [2.45, 2.75) is 40.5 Å². The lowest BCUT2D eigenvalue weighted by Gasteiger charge is -2.28. The second-order valence-corrected chi connectivity index (χ2v) is 7.66. The monoisotopic (exact) mass is 325 g/mol. The molecule has 0 atom stereocenters. The molecule has 1 nitrogen and oxygen atoms in total. The SMILES string of the molecule is Cc1c(C)c(C)c2c(c1C)Cc1cc3c(cc1N2)Cc1ccccc1-3. The zero-order valence-corrected chi connectivity index (χ0v) is 15.4. The van der Waals surface area contributed by atoms with E-state index in [9.17, 15) is 0 Å². The highest BCUT2D eigenvalue weighted by molar-refractivity contribution is 5.84. The zero-order chi connectivity index (χ0) is 17.3. The summed E-state index contributed by atoms with van der Waals surface area (Å²) < 4.78 is 0. The highest BCUT2D eigenvalue weighted by Gasteiger charge is 2.25. The maximum absolute atomic E-state index is 3.77. The highest BCUT2D eigenvalue weighted by atomic mass is 14.9. The molecule has 1 N–H and O–H groups in total. The van der Waals surface area contributed by atoms with Gasteiger partial charge in [0.05, 0.1) is 0 Å². The third kappa shape index (κ3) is 1.96. The Hall–Kier alpha value is -2.54. The van der Waals surface area contributed by atoms with Crippen LogP contribution in [0.3, 0.4) is 0 Å². The van der Waals surface area contributed by atoms with Crippen LogP contribution < -0.4 is 5.32 Å². The van der Waals surface area contributed by atoms with E-state index in [4.69, 9.17) is 0 Å². The van der Waals surface area contributed by atoms with E-state index in [0.717, 1.165) is 12.8 Å². The first-order valence-corrected chi connectivity index (χ1v) is 9.15. The van der Waals surface area contributed by atoms with Gasteiger partial charge in [-0.05, 0) is 102 Å². The second-order valence-electron chi connectivity index (χ2n) is 7.66. The summed E-state index contributed by atoms with van der Waals surface area (Å²) in [6.45, 7) is 9.03. The molecule has 0 unspecified atom stereocenters. The molecule has 124 valence electrons. The fourth-order valence-electron chi connectivity index (χ4n) is 4.60. The van der Waals surface area contributed by atoms with Gasteiger partial charge in [0.25, 0.3) is 0 Å². The Kier molecular flexibility index (Phi) is 2.94. The Morgan fingerprint density at radius 3 is 2.28 bits per heavy atom. The van der Waals surface area contributed by atoms with Crippen LogP contribution >= 0.6 is 0 Å². The van der Waals surface area contributed by atoms with Gasteiger partial charge in [-0.1, -0.05) is 24.3 Å². The van der Waals surface area contributed by atoms with Gasteiger partial charge in [0.1, 0.15) is 0 Å². The summed E-state index contributed by atoms with van der Waals surface area (Å²) in [6.07, 6.45) is 2.08. The van der Waals surface area contributed by atoms with Gasteiger partial charge >= 0.3 is 0 Å². The summed E-state index contributed by atoms with van der Waals surface area (Å²) in [7, 11) is 0. The Balaban J connectivity index is 1.69. The number of hydrogen-bond acceptors (Lipinski definition) is 1. The molecule has 1 heteroatoms. The number of rotatable bonds is 0. The predicted molar refractivity (Wildman–Crippen MR) is 106 cm³/mol. The lowest BCUT2D eigenvalue weighted by molar-refractivity contribution is 1.08. The molecule has 5 rings (SSSR count). The number of anilines is 2. The molecule has 2 aliphatic rings. The summed E-state index contributed by atoms with van der Waals surface area (Å²) in [5.74, 6) is 0. The zero-order valence-electron chi connectivity index (χ0n) is 15.4. The Bertz CT molecular complexity index is 1060. The van der Waals surface area contributed by atoms with Crippen LogP contribution in [0.4, 0.5) is 11.4 Å². The largest absolute Gasteiger partial charge is 0.355 e. The average molecular weight is 325 g/mol. The van der Waals surface area contributed by atoms with Crippen LogP contribution in [0.15, 0.2) is 36.4 Å². The molecule has 1 heterocycles. The van der Waals surface area contributed by atoms with Crippen molar-refractivity contribution in [2.24, 2.45) is 0 Å². The fraction of sp³-hybridized carbons (Fsp3) is 0.250. The second kappa shape index (κ2) is 4.98. The van der Waals surface area contributed by atoms with Crippen LogP contribution in [0.5, 0.6) is 0 Å². The van der Waals surface area contributed by atoms with Gasteiger partial charge in [0.2, 0.25) is 0 Å². The minimum Gasteiger partial charge on any atom is -0.355 e. The van der Waals surface area contributed by atoms with Crippen molar-refractivity contribution < 1.29 is 0 Å². The Morgan fingerprint density at radius 2 is 1.44 bits per heavy atom. The summed E-state index contributed by atoms with van der Waals surface area (Å²) in [5, 5.41) is 3.77. The maximum Gasteiger partial charge on any atom is 0.0455 e. The number of nitrogens with one attached hydrogen (secondary N) is 1. The summed E-state index contributed by atoms with van der Waals surface area (Å²) in [6, 6.07) is 13.6. The third-order valence-electron chi connectivity index (χ3n) is 6.46. The number of hydrogen-bond donors (Lipinski definition) is 1. The molecule has 0 spiro atoms. The molecule has 0 bridgehead atoms. The van der Waals surface area contributed by atoms with Gasteiger partial charge in [-0.15, -0.1) is 0 Å². The van der Waals surface area contributed by atoms with E-state index in [2.05, 4.69) is 69.4 Å². The topological polar surface area (TPSA) is 12.0 Å². The lowest BCUT2D eigenvalue weighted by atomic mass is 9.85. The Morgan fingerprint density at radius 1 is 0.680 bits per heavy atom. The quantitative estimate of drug-likeness (QED) is 0.360. The van der Waals surface area contributed by atoms with E-state index in [1.807, 2.05) is 0 Å². The van der Waals surface area contributed by atoms with Gasteiger partial charge in [0, 0.05) is 17.8 Å². The first kappa shape index (κ1) is 14.8. The van der Waals surface area contributed by atoms with Gasteiger partial charge in [-0.3, -0.25) is 0 Å².